The number of carbonyl (C=O) groups is 2. The third kappa shape index (κ3) is 3.69. The largest absolute Gasteiger partial charge is 0.480 e. The molecule has 24 heavy (non-hydrogen) atoms. The number of nitrogens with one attached hydrogen (secondary N) is 1. The van der Waals surface area contributed by atoms with Crippen molar-refractivity contribution >= 4 is 27.6 Å². The van der Waals surface area contributed by atoms with E-state index in [1.807, 2.05) is 6.92 Å². The third-order valence-corrected chi connectivity index (χ3v) is 5.54. The Labute approximate surface area is 141 Å². The number of aliphatic carboxylic acids is 1. The van der Waals surface area contributed by atoms with Gasteiger partial charge in [0.2, 0.25) is 10.0 Å². The van der Waals surface area contributed by atoms with Gasteiger partial charge in [-0.1, -0.05) is 20.3 Å². The van der Waals surface area contributed by atoms with Crippen molar-refractivity contribution in [2.45, 2.75) is 32.7 Å². The fourth-order valence-corrected chi connectivity index (χ4v) is 3.72. The van der Waals surface area contributed by atoms with Crippen molar-refractivity contribution in [1.82, 2.24) is 5.32 Å². The summed E-state index contributed by atoms with van der Waals surface area (Å²) in [5.74, 6) is -1.73. The van der Waals surface area contributed by atoms with Crippen molar-refractivity contribution in [3.8, 4) is 0 Å². The minimum absolute atomic E-state index is 0.193. The zero-order valence-corrected chi connectivity index (χ0v) is 14.8. The first kappa shape index (κ1) is 18.3. The van der Waals surface area contributed by atoms with E-state index in [2.05, 4.69) is 5.32 Å². The van der Waals surface area contributed by atoms with E-state index in [1.54, 1.807) is 19.1 Å². The van der Waals surface area contributed by atoms with Gasteiger partial charge in [0.1, 0.15) is 6.04 Å². The molecule has 7 nitrogen and oxygen atoms in total. The van der Waals surface area contributed by atoms with Crippen molar-refractivity contribution in [3.05, 3.63) is 29.3 Å². The Morgan fingerprint density at radius 1 is 1.38 bits per heavy atom. The molecule has 2 rings (SSSR count). The quantitative estimate of drug-likeness (QED) is 0.800. The molecule has 0 aliphatic carbocycles. The number of carbonyl (C=O) groups excluding carboxylic acids is 1. The van der Waals surface area contributed by atoms with E-state index in [-0.39, 0.29) is 5.92 Å². The van der Waals surface area contributed by atoms with Crippen LogP contribution in [0, 0.1) is 5.92 Å². The van der Waals surface area contributed by atoms with Crippen LogP contribution in [0.2, 0.25) is 0 Å². The molecule has 2 N–H and O–H groups in total. The number of carboxylic acids is 1. The number of nitrogens with zero attached hydrogens (tertiary/aromatic N) is 1. The van der Waals surface area contributed by atoms with Crippen molar-refractivity contribution < 1.29 is 23.1 Å². The highest BCUT2D eigenvalue weighted by Crippen LogP contribution is 2.30. The van der Waals surface area contributed by atoms with E-state index in [0.717, 1.165) is 11.8 Å². The van der Waals surface area contributed by atoms with Crippen molar-refractivity contribution in [2.24, 2.45) is 5.92 Å². The minimum Gasteiger partial charge on any atom is -0.480 e. The monoisotopic (exact) mass is 354 g/mol. The molecule has 0 saturated heterocycles. The highest BCUT2D eigenvalue weighted by Gasteiger charge is 2.29. The van der Waals surface area contributed by atoms with Gasteiger partial charge >= 0.3 is 5.97 Å². The van der Waals surface area contributed by atoms with Crippen molar-refractivity contribution in [1.29, 1.82) is 0 Å². The molecule has 0 fully saturated rings. The average molecular weight is 354 g/mol. The topological polar surface area (TPSA) is 104 Å². The van der Waals surface area contributed by atoms with Gasteiger partial charge in [-0.2, -0.15) is 0 Å². The number of benzene rings is 1. The maximum Gasteiger partial charge on any atom is 0.326 e. The number of rotatable bonds is 6. The number of amides is 1. The van der Waals surface area contributed by atoms with Crippen LogP contribution in [0.15, 0.2) is 18.2 Å². The number of sulfonamides is 1. The van der Waals surface area contributed by atoms with Gasteiger partial charge in [-0.05, 0) is 36.1 Å². The highest BCUT2D eigenvalue weighted by atomic mass is 32.2. The summed E-state index contributed by atoms with van der Waals surface area (Å²) in [5, 5.41) is 11.8. The first-order valence-corrected chi connectivity index (χ1v) is 9.64. The summed E-state index contributed by atoms with van der Waals surface area (Å²) in [6.07, 6.45) is 2.30. The van der Waals surface area contributed by atoms with Crippen LogP contribution in [0.3, 0.4) is 0 Å². The Morgan fingerprint density at radius 2 is 2.04 bits per heavy atom. The van der Waals surface area contributed by atoms with Crippen LogP contribution >= 0.6 is 0 Å². The fourth-order valence-electron chi connectivity index (χ4n) is 2.76. The number of carboxylic acid groups (broad SMARTS) is 1. The highest BCUT2D eigenvalue weighted by molar-refractivity contribution is 7.92. The Balaban J connectivity index is 2.22. The molecule has 2 unspecified atom stereocenters. The second kappa shape index (κ2) is 6.80. The van der Waals surface area contributed by atoms with E-state index < -0.39 is 27.9 Å². The first-order chi connectivity index (χ1) is 11.1. The number of hydrogen-bond donors (Lipinski definition) is 2. The zero-order chi connectivity index (χ0) is 18.1. The van der Waals surface area contributed by atoms with Crippen LogP contribution in [0.4, 0.5) is 5.69 Å². The zero-order valence-electron chi connectivity index (χ0n) is 13.9. The van der Waals surface area contributed by atoms with E-state index in [9.17, 15) is 23.1 Å². The Hall–Kier alpha value is -2.09. The lowest BCUT2D eigenvalue weighted by Gasteiger charge is -2.20. The fraction of sp³-hybridized carbons (Fsp3) is 0.500. The summed E-state index contributed by atoms with van der Waals surface area (Å²) in [4.78, 5) is 23.7. The minimum atomic E-state index is -3.34. The molecule has 1 heterocycles. The van der Waals surface area contributed by atoms with Gasteiger partial charge in [0.15, 0.2) is 0 Å². The molecule has 132 valence electrons. The normalized spacial score (nSPS) is 16.4. The van der Waals surface area contributed by atoms with Gasteiger partial charge < -0.3 is 10.4 Å². The molecule has 0 radical (unpaired) electrons. The van der Waals surface area contributed by atoms with Crippen LogP contribution in [-0.4, -0.2) is 44.2 Å². The lowest BCUT2D eigenvalue weighted by atomic mass is 9.98. The summed E-state index contributed by atoms with van der Waals surface area (Å²) in [7, 11) is -3.34. The molecule has 1 amide bonds. The second-order valence-corrected chi connectivity index (χ2v) is 8.01. The summed E-state index contributed by atoms with van der Waals surface area (Å²) >= 11 is 0. The van der Waals surface area contributed by atoms with E-state index in [1.165, 1.54) is 10.4 Å². The van der Waals surface area contributed by atoms with Gasteiger partial charge in [-0.25, -0.2) is 13.2 Å². The molecule has 0 aromatic heterocycles. The standard InChI is InChI=1S/C16H22N2O5S/c1-4-10(2)14(16(20)21)17-15(19)12-5-6-13-11(9-12)7-8-18(13)24(3,22)23/h5-6,9-10,14H,4,7-8H2,1-3H3,(H,17,19)(H,20,21). The number of anilines is 1. The molecular formula is C16H22N2O5S. The summed E-state index contributed by atoms with van der Waals surface area (Å²) in [5.41, 5.74) is 1.67. The van der Waals surface area contributed by atoms with Gasteiger partial charge in [0, 0.05) is 12.1 Å². The summed E-state index contributed by atoms with van der Waals surface area (Å²) in [6.45, 7) is 3.98. The van der Waals surface area contributed by atoms with Gasteiger partial charge in [-0.3, -0.25) is 9.10 Å². The maximum atomic E-state index is 12.4. The molecule has 8 heteroatoms. The first-order valence-electron chi connectivity index (χ1n) is 7.79. The Kier molecular flexibility index (Phi) is 5.17. The predicted octanol–water partition coefficient (Wildman–Crippen LogP) is 1.24. The predicted molar refractivity (Wildman–Crippen MR) is 90.7 cm³/mol. The lowest BCUT2D eigenvalue weighted by molar-refractivity contribution is -0.140. The smallest absolute Gasteiger partial charge is 0.326 e. The van der Waals surface area contributed by atoms with E-state index >= 15 is 0 Å². The summed E-state index contributed by atoms with van der Waals surface area (Å²) < 4.78 is 24.8. The molecule has 1 aromatic carbocycles. The third-order valence-electron chi connectivity index (χ3n) is 4.36. The van der Waals surface area contributed by atoms with Gasteiger partial charge in [0.05, 0.1) is 11.9 Å². The molecule has 1 aliphatic heterocycles. The SMILES string of the molecule is CCC(C)C(NC(=O)c1ccc2c(c1)CCN2S(C)(=O)=O)C(=O)O. The van der Waals surface area contributed by atoms with Crippen molar-refractivity contribution in [2.75, 3.05) is 17.1 Å². The molecule has 0 saturated carbocycles. The number of fused-ring (bicyclic) bond motifs is 1. The maximum absolute atomic E-state index is 12.4. The molecule has 2 atom stereocenters. The van der Waals surface area contributed by atoms with Crippen LogP contribution in [0.25, 0.3) is 0 Å². The Bertz CT molecular complexity index is 760. The van der Waals surface area contributed by atoms with Crippen LogP contribution in [-0.2, 0) is 21.2 Å². The van der Waals surface area contributed by atoms with Crippen molar-refractivity contribution in [3.63, 3.8) is 0 Å². The molecular weight excluding hydrogens is 332 g/mol. The van der Waals surface area contributed by atoms with Gasteiger partial charge in [-0.15, -0.1) is 0 Å². The summed E-state index contributed by atoms with van der Waals surface area (Å²) in [6, 6.07) is 3.79. The van der Waals surface area contributed by atoms with Crippen LogP contribution < -0.4 is 9.62 Å². The molecule has 0 bridgehead atoms. The second-order valence-electron chi connectivity index (χ2n) is 6.10. The molecule has 0 spiro atoms. The van der Waals surface area contributed by atoms with E-state index in [0.29, 0.717) is 30.6 Å². The molecule has 1 aliphatic rings. The van der Waals surface area contributed by atoms with Crippen LogP contribution in [0.1, 0.15) is 36.2 Å². The Morgan fingerprint density at radius 3 is 2.58 bits per heavy atom. The average Bonchev–Trinajstić information content (AvgIpc) is 2.94. The van der Waals surface area contributed by atoms with Gasteiger partial charge in [0.25, 0.3) is 5.91 Å². The lowest BCUT2D eigenvalue weighted by Crippen LogP contribution is -2.45. The number of hydrogen-bond acceptors (Lipinski definition) is 4. The van der Waals surface area contributed by atoms with Crippen LogP contribution in [0.5, 0.6) is 0 Å². The van der Waals surface area contributed by atoms with E-state index in [4.69, 9.17) is 0 Å². The molecule has 1 aromatic rings.